The Morgan fingerprint density at radius 1 is 1.46 bits per heavy atom. The second-order valence-electron chi connectivity index (χ2n) is 3.27. The van der Waals surface area contributed by atoms with Crippen LogP contribution in [0.25, 0.3) is 0 Å². The molecule has 0 fully saturated rings. The second-order valence-corrected chi connectivity index (χ2v) is 4.13. The van der Waals surface area contributed by atoms with E-state index in [-0.39, 0.29) is 11.9 Å². The molecule has 1 aromatic rings. The van der Waals surface area contributed by atoms with Gasteiger partial charge < -0.3 is 10.2 Å². The first-order valence-electron chi connectivity index (χ1n) is 4.16. The Kier molecular flexibility index (Phi) is 3.33. The molecule has 1 unspecified atom stereocenters. The van der Waals surface area contributed by atoms with Gasteiger partial charge in [0, 0.05) is 10.0 Å². The van der Waals surface area contributed by atoms with Crippen molar-refractivity contribution in [2.45, 2.75) is 26.4 Å². The van der Waals surface area contributed by atoms with E-state index in [0.717, 1.165) is 15.6 Å². The SMILES string of the molecule is Cc1c(O)cc(CC(C)O)cc1Br. The molecule has 0 saturated heterocycles. The van der Waals surface area contributed by atoms with E-state index in [1.165, 1.54) is 0 Å². The first-order chi connectivity index (χ1) is 6.00. The smallest absolute Gasteiger partial charge is 0.119 e. The van der Waals surface area contributed by atoms with Gasteiger partial charge in [0.2, 0.25) is 0 Å². The minimum absolute atomic E-state index is 0.269. The average molecular weight is 245 g/mol. The molecule has 3 heteroatoms. The lowest BCUT2D eigenvalue weighted by atomic mass is 10.1. The predicted octanol–water partition coefficient (Wildman–Crippen LogP) is 2.39. The molecule has 0 bridgehead atoms. The van der Waals surface area contributed by atoms with Crippen LogP contribution in [0.15, 0.2) is 16.6 Å². The largest absolute Gasteiger partial charge is 0.508 e. The van der Waals surface area contributed by atoms with Crippen LogP contribution in [0.3, 0.4) is 0 Å². The number of phenols is 1. The lowest BCUT2D eigenvalue weighted by Gasteiger charge is -2.08. The van der Waals surface area contributed by atoms with E-state index in [0.29, 0.717) is 6.42 Å². The van der Waals surface area contributed by atoms with Crippen LogP contribution >= 0.6 is 15.9 Å². The van der Waals surface area contributed by atoms with Crippen LogP contribution in [0.5, 0.6) is 5.75 Å². The number of rotatable bonds is 2. The number of benzene rings is 1. The van der Waals surface area contributed by atoms with Crippen molar-refractivity contribution in [3.63, 3.8) is 0 Å². The van der Waals surface area contributed by atoms with Crippen molar-refractivity contribution in [3.8, 4) is 5.75 Å². The Hall–Kier alpha value is -0.540. The summed E-state index contributed by atoms with van der Waals surface area (Å²) in [7, 11) is 0. The Labute approximate surface area is 86.3 Å². The van der Waals surface area contributed by atoms with E-state index >= 15 is 0 Å². The molecule has 0 aliphatic rings. The normalized spacial score (nSPS) is 12.9. The maximum atomic E-state index is 9.48. The molecule has 0 aliphatic heterocycles. The van der Waals surface area contributed by atoms with E-state index in [9.17, 15) is 5.11 Å². The first-order valence-corrected chi connectivity index (χ1v) is 4.96. The third kappa shape index (κ3) is 2.71. The minimum atomic E-state index is -0.381. The highest BCUT2D eigenvalue weighted by molar-refractivity contribution is 9.10. The quantitative estimate of drug-likeness (QED) is 0.839. The van der Waals surface area contributed by atoms with E-state index < -0.39 is 0 Å². The van der Waals surface area contributed by atoms with Gasteiger partial charge in [0.15, 0.2) is 0 Å². The summed E-state index contributed by atoms with van der Waals surface area (Å²) < 4.78 is 0.878. The van der Waals surface area contributed by atoms with Crippen LogP contribution < -0.4 is 0 Å². The molecule has 2 nitrogen and oxygen atoms in total. The Bertz CT molecular complexity index is 285. The zero-order valence-corrected chi connectivity index (χ0v) is 9.30. The molecule has 0 aliphatic carbocycles. The molecule has 0 spiro atoms. The highest BCUT2D eigenvalue weighted by Crippen LogP contribution is 2.27. The van der Waals surface area contributed by atoms with Gasteiger partial charge in [-0.15, -0.1) is 0 Å². The molecule has 0 saturated carbocycles. The summed E-state index contributed by atoms with van der Waals surface area (Å²) in [5, 5.41) is 18.6. The standard InChI is InChI=1S/C10H13BrO2/c1-6(12)3-8-4-9(11)7(2)10(13)5-8/h4-6,12-13H,3H2,1-2H3. The van der Waals surface area contributed by atoms with Crippen molar-refractivity contribution >= 4 is 15.9 Å². The number of aromatic hydroxyl groups is 1. The van der Waals surface area contributed by atoms with Crippen molar-refractivity contribution in [2.75, 3.05) is 0 Å². The third-order valence-electron chi connectivity index (χ3n) is 1.91. The first kappa shape index (κ1) is 10.5. The van der Waals surface area contributed by atoms with E-state index in [1.807, 2.05) is 13.0 Å². The fraction of sp³-hybridized carbons (Fsp3) is 0.400. The van der Waals surface area contributed by atoms with Crippen molar-refractivity contribution in [1.29, 1.82) is 0 Å². The average Bonchev–Trinajstić information content (AvgIpc) is 1.98. The summed E-state index contributed by atoms with van der Waals surface area (Å²) >= 11 is 3.35. The third-order valence-corrected chi connectivity index (χ3v) is 2.73. The fourth-order valence-corrected chi connectivity index (χ4v) is 1.68. The molecule has 0 aromatic heterocycles. The van der Waals surface area contributed by atoms with Crippen molar-refractivity contribution < 1.29 is 10.2 Å². The van der Waals surface area contributed by atoms with Crippen LogP contribution in [-0.2, 0) is 6.42 Å². The molecule has 72 valence electrons. The molecule has 0 amide bonds. The monoisotopic (exact) mass is 244 g/mol. The fourth-order valence-electron chi connectivity index (χ4n) is 1.18. The minimum Gasteiger partial charge on any atom is -0.508 e. The van der Waals surface area contributed by atoms with Gasteiger partial charge in [-0.2, -0.15) is 0 Å². The summed E-state index contributed by atoms with van der Waals surface area (Å²) in [6.45, 7) is 3.57. The van der Waals surface area contributed by atoms with E-state index in [4.69, 9.17) is 5.11 Å². The van der Waals surface area contributed by atoms with Gasteiger partial charge in [0.1, 0.15) is 5.75 Å². The van der Waals surface area contributed by atoms with Crippen LogP contribution in [-0.4, -0.2) is 16.3 Å². The highest BCUT2D eigenvalue weighted by Gasteiger charge is 2.05. The number of halogens is 1. The van der Waals surface area contributed by atoms with Gasteiger partial charge in [-0.3, -0.25) is 0 Å². The van der Waals surface area contributed by atoms with Crippen molar-refractivity contribution in [2.24, 2.45) is 0 Å². The van der Waals surface area contributed by atoms with Gasteiger partial charge in [0.25, 0.3) is 0 Å². The highest BCUT2D eigenvalue weighted by atomic mass is 79.9. The maximum absolute atomic E-state index is 9.48. The molecule has 1 rings (SSSR count). The number of hydrogen-bond donors (Lipinski definition) is 2. The summed E-state index contributed by atoms with van der Waals surface area (Å²) in [4.78, 5) is 0. The molecule has 2 N–H and O–H groups in total. The molecule has 0 heterocycles. The van der Waals surface area contributed by atoms with Gasteiger partial charge in [-0.1, -0.05) is 15.9 Å². The Morgan fingerprint density at radius 3 is 2.54 bits per heavy atom. The zero-order valence-electron chi connectivity index (χ0n) is 7.71. The maximum Gasteiger partial charge on any atom is 0.119 e. The van der Waals surface area contributed by atoms with Crippen molar-refractivity contribution in [1.82, 2.24) is 0 Å². The summed E-state index contributed by atoms with van der Waals surface area (Å²) in [6, 6.07) is 3.61. The second kappa shape index (κ2) is 4.11. The molecule has 1 aromatic carbocycles. The summed E-state index contributed by atoms with van der Waals surface area (Å²) in [5.74, 6) is 0.269. The Morgan fingerprint density at radius 2 is 2.08 bits per heavy atom. The number of aliphatic hydroxyl groups is 1. The zero-order chi connectivity index (χ0) is 10.0. The lowest BCUT2D eigenvalue weighted by molar-refractivity contribution is 0.195. The number of hydrogen-bond acceptors (Lipinski definition) is 2. The topological polar surface area (TPSA) is 40.5 Å². The van der Waals surface area contributed by atoms with E-state index in [2.05, 4.69) is 15.9 Å². The van der Waals surface area contributed by atoms with Crippen molar-refractivity contribution in [3.05, 3.63) is 27.7 Å². The lowest BCUT2D eigenvalue weighted by Crippen LogP contribution is -2.04. The van der Waals surface area contributed by atoms with Crippen LogP contribution in [0.1, 0.15) is 18.1 Å². The van der Waals surface area contributed by atoms with Gasteiger partial charge >= 0.3 is 0 Å². The number of phenolic OH excluding ortho intramolecular Hbond substituents is 1. The van der Waals surface area contributed by atoms with Gasteiger partial charge in [0.05, 0.1) is 6.10 Å². The molecule has 0 radical (unpaired) electrons. The number of aliphatic hydroxyl groups excluding tert-OH is 1. The Balaban J connectivity index is 2.99. The van der Waals surface area contributed by atoms with Crippen LogP contribution in [0, 0.1) is 6.92 Å². The molecule has 13 heavy (non-hydrogen) atoms. The molecule has 1 atom stereocenters. The van der Waals surface area contributed by atoms with E-state index in [1.54, 1.807) is 13.0 Å². The summed E-state index contributed by atoms with van der Waals surface area (Å²) in [6.07, 6.45) is 0.181. The summed E-state index contributed by atoms with van der Waals surface area (Å²) in [5.41, 5.74) is 1.76. The molecular formula is C10H13BrO2. The molecular weight excluding hydrogens is 232 g/mol. The van der Waals surface area contributed by atoms with Crippen LogP contribution in [0.4, 0.5) is 0 Å². The predicted molar refractivity (Wildman–Crippen MR) is 55.9 cm³/mol. The van der Waals surface area contributed by atoms with Gasteiger partial charge in [-0.25, -0.2) is 0 Å². The van der Waals surface area contributed by atoms with Gasteiger partial charge in [-0.05, 0) is 38.0 Å². The van der Waals surface area contributed by atoms with Crippen LogP contribution in [0.2, 0.25) is 0 Å².